The van der Waals surface area contributed by atoms with Gasteiger partial charge in [0.05, 0.1) is 21.6 Å². The van der Waals surface area contributed by atoms with Crippen LogP contribution in [0, 0.1) is 6.92 Å². The van der Waals surface area contributed by atoms with Gasteiger partial charge in [-0.2, -0.15) is 0 Å². The van der Waals surface area contributed by atoms with Gasteiger partial charge in [0.2, 0.25) is 0 Å². The molecule has 0 aliphatic carbocycles. The van der Waals surface area contributed by atoms with Crippen LogP contribution in [0.25, 0.3) is 0 Å². The Morgan fingerprint density at radius 3 is 2.77 bits per heavy atom. The second-order valence-electron chi connectivity index (χ2n) is 4.64. The molecule has 2 rings (SSSR count). The fourth-order valence-corrected chi connectivity index (χ4v) is 3.66. The average Bonchev–Trinajstić information content (AvgIpc) is 3.03. The zero-order valence-corrected chi connectivity index (χ0v) is 17.5. The van der Waals surface area contributed by atoms with Gasteiger partial charge in [-0.15, -0.1) is 46.7 Å². The molecule has 2 aromatic rings. The molecule has 2 aromatic heterocycles. The number of halogens is 2. The van der Waals surface area contributed by atoms with E-state index in [9.17, 15) is 0 Å². The Kier molecular flexibility index (Phi) is 8.66. The van der Waals surface area contributed by atoms with Crippen LogP contribution < -0.4 is 5.32 Å². The standard InChI is InChI=1S/C14H19ClN4S2.HI/c1-10-18-11(9-20-10)8-19(3)14(16-2)17-7-6-12-4-5-13(15)21-12;/h4-5,9H,6-8H2,1-3H3,(H,16,17);1H. The molecule has 0 spiro atoms. The summed E-state index contributed by atoms with van der Waals surface area (Å²) in [5, 5.41) is 6.55. The molecular formula is C14H20ClIN4S2. The van der Waals surface area contributed by atoms with E-state index in [1.54, 1.807) is 29.7 Å². The van der Waals surface area contributed by atoms with Gasteiger partial charge in [0.25, 0.3) is 0 Å². The van der Waals surface area contributed by atoms with Crippen LogP contribution in [-0.4, -0.2) is 36.5 Å². The minimum atomic E-state index is 0. The van der Waals surface area contributed by atoms with Crippen molar-refractivity contribution < 1.29 is 0 Å². The van der Waals surface area contributed by atoms with Crippen molar-refractivity contribution in [2.24, 2.45) is 4.99 Å². The van der Waals surface area contributed by atoms with E-state index in [0.717, 1.165) is 40.5 Å². The van der Waals surface area contributed by atoms with Crippen molar-refractivity contribution in [2.45, 2.75) is 19.9 Å². The number of hydrogen-bond donors (Lipinski definition) is 1. The number of aliphatic imine (C=N–C) groups is 1. The van der Waals surface area contributed by atoms with Crippen LogP contribution in [0.2, 0.25) is 4.34 Å². The molecule has 0 bridgehead atoms. The Bertz CT molecular complexity index is 612. The number of aryl methyl sites for hydroxylation is 1. The van der Waals surface area contributed by atoms with Crippen LogP contribution >= 0.6 is 58.3 Å². The van der Waals surface area contributed by atoms with Gasteiger partial charge in [-0.3, -0.25) is 4.99 Å². The Balaban J connectivity index is 0.00000242. The van der Waals surface area contributed by atoms with Gasteiger partial charge in [0.15, 0.2) is 5.96 Å². The second-order valence-corrected chi connectivity index (χ2v) is 7.51. The molecule has 2 heterocycles. The van der Waals surface area contributed by atoms with Crippen molar-refractivity contribution in [1.82, 2.24) is 15.2 Å². The molecule has 0 saturated heterocycles. The van der Waals surface area contributed by atoms with E-state index in [1.807, 2.05) is 20.0 Å². The fraction of sp³-hybridized carbons (Fsp3) is 0.429. The minimum absolute atomic E-state index is 0. The summed E-state index contributed by atoms with van der Waals surface area (Å²) in [6, 6.07) is 4.01. The smallest absolute Gasteiger partial charge is 0.193 e. The molecular weight excluding hydrogens is 451 g/mol. The highest BCUT2D eigenvalue weighted by Crippen LogP contribution is 2.21. The summed E-state index contributed by atoms with van der Waals surface area (Å²) < 4.78 is 0.838. The highest BCUT2D eigenvalue weighted by molar-refractivity contribution is 14.0. The average molecular weight is 471 g/mol. The van der Waals surface area contributed by atoms with E-state index in [2.05, 4.69) is 31.6 Å². The third-order valence-electron chi connectivity index (χ3n) is 2.92. The highest BCUT2D eigenvalue weighted by Gasteiger charge is 2.08. The molecule has 1 N–H and O–H groups in total. The molecule has 122 valence electrons. The number of nitrogens with zero attached hydrogens (tertiary/aromatic N) is 3. The van der Waals surface area contributed by atoms with Crippen molar-refractivity contribution >= 4 is 64.2 Å². The van der Waals surface area contributed by atoms with Crippen molar-refractivity contribution in [3.8, 4) is 0 Å². The summed E-state index contributed by atoms with van der Waals surface area (Å²) in [6.45, 7) is 3.62. The first kappa shape index (κ1) is 19.7. The number of thiazole rings is 1. The Morgan fingerprint density at radius 1 is 1.45 bits per heavy atom. The van der Waals surface area contributed by atoms with Crippen LogP contribution in [0.3, 0.4) is 0 Å². The maximum absolute atomic E-state index is 5.93. The summed E-state index contributed by atoms with van der Waals surface area (Å²) in [7, 11) is 3.82. The van der Waals surface area contributed by atoms with Gasteiger partial charge in [0.1, 0.15) is 0 Å². The van der Waals surface area contributed by atoms with Gasteiger partial charge in [-0.05, 0) is 25.5 Å². The maximum atomic E-state index is 5.93. The van der Waals surface area contributed by atoms with Crippen molar-refractivity contribution in [2.75, 3.05) is 20.6 Å². The number of thiophene rings is 1. The van der Waals surface area contributed by atoms with Crippen molar-refractivity contribution in [1.29, 1.82) is 0 Å². The maximum Gasteiger partial charge on any atom is 0.193 e. The SMILES string of the molecule is CN=C(NCCc1ccc(Cl)s1)N(C)Cc1csc(C)n1.I. The zero-order chi connectivity index (χ0) is 15.2. The van der Waals surface area contributed by atoms with Crippen LogP contribution in [0.1, 0.15) is 15.6 Å². The third-order valence-corrected chi connectivity index (χ3v) is 5.04. The molecule has 0 saturated carbocycles. The van der Waals surface area contributed by atoms with Crippen LogP contribution in [-0.2, 0) is 13.0 Å². The first-order valence-electron chi connectivity index (χ1n) is 6.65. The minimum Gasteiger partial charge on any atom is -0.356 e. The lowest BCUT2D eigenvalue weighted by molar-refractivity contribution is 0.471. The first-order valence-corrected chi connectivity index (χ1v) is 8.73. The largest absolute Gasteiger partial charge is 0.356 e. The molecule has 4 nitrogen and oxygen atoms in total. The fourth-order valence-electron chi connectivity index (χ4n) is 1.97. The summed E-state index contributed by atoms with van der Waals surface area (Å²) in [5.41, 5.74) is 1.08. The number of nitrogens with one attached hydrogen (secondary N) is 1. The van der Waals surface area contributed by atoms with Crippen LogP contribution in [0.15, 0.2) is 22.5 Å². The lowest BCUT2D eigenvalue weighted by Gasteiger charge is -2.21. The van der Waals surface area contributed by atoms with Crippen LogP contribution in [0.4, 0.5) is 0 Å². The summed E-state index contributed by atoms with van der Waals surface area (Å²) in [6.07, 6.45) is 0.944. The Morgan fingerprint density at radius 2 is 2.23 bits per heavy atom. The van der Waals surface area contributed by atoms with Gasteiger partial charge < -0.3 is 10.2 Å². The van der Waals surface area contributed by atoms with Gasteiger partial charge in [-0.1, -0.05) is 11.6 Å². The zero-order valence-electron chi connectivity index (χ0n) is 12.8. The van der Waals surface area contributed by atoms with Gasteiger partial charge in [-0.25, -0.2) is 4.98 Å². The highest BCUT2D eigenvalue weighted by atomic mass is 127. The van der Waals surface area contributed by atoms with Gasteiger partial charge >= 0.3 is 0 Å². The van der Waals surface area contributed by atoms with E-state index in [0.29, 0.717) is 0 Å². The molecule has 0 aliphatic heterocycles. The van der Waals surface area contributed by atoms with Crippen LogP contribution in [0.5, 0.6) is 0 Å². The first-order chi connectivity index (χ1) is 10.1. The monoisotopic (exact) mass is 470 g/mol. The van der Waals surface area contributed by atoms with Crippen molar-refractivity contribution in [3.05, 3.63) is 37.4 Å². The predicted molar refractivity (Wildman–Crippen MR) is 108 cm³/mol. The topological polar surface area (TPSA) is 40.5 Å². The molecule has 0 amide bonds. The lowest BCUT2D eigenvalue weighted by Crippen LogP contribution is -2.39. The van der Waals surface area contributed by atoms with E-state index in [1.165, 1.54) is 4.88 Å². The number of aromatic nitrogens is 1. The Hall–Kier alpha value is -0.380. The number of hydrogen-bond acceptors (Lipinski definition) is 4. The molecule has 22 heavy (non-hydrogen) atoms. The van der Waals surface area contributed by atoms with E-state index >= 15 is 0 Å². The molecule has 0 atom stereocenters. The molecule has 0 unspecified atom stereocenters. The van der Waals surface area contributed by atoms with E-state index in [-0.39, 0.29) is 24.0 Å². The molecule has 0 radical (unpaired) electrons. The van der Waals surface area contributed by atoms with Crippen molar-refractivity contribution in [3.63, 3.8) is 0 Å². The summed E-state index contributed by atoms with van der Waals surface area (Å²) >= 11 is 9.23. The summed E-state index contributed by atoms with van der Waals surface area (Å²) in [5.74, 6) is 0.878. The third kappa shape index (κ3) is 6.02. The second kappa shape index (κ2) is 9.69. The molecule has 0 aromatic carbocycles. The molecule has 0 fully saturated rings. The number of guanidine groups is 1. The normalized spacial score (nSPS) is 11.2. The van der Waals surface area contributed by atoms with E-state index in [4.69, 9.17) is 11.6 Å². The molecule has 8 heteroatoms. The quantitative estimate of drug-likeness (QED) is 0.407. The van der Waals surface area contributed by atoms with E-state index < -0.39 is 0 Å². The summed E-state index contributed by atoms with van der Waals surface area (Å²) in [4.78, 5) is 12.1. The number of rotatable bonds is 5. The Labute approximate surface area is 161 Å². The van der Waals surface area contributed by atoms with Gasteiger partial charge in [0, 0.05) is 30.9 Å². The lowest BCUT2D eigenvalue weighted by atomic mass is 10.3. The predicted octanol–water partition coefficient (Wildman–Crippen LogP) is 4.03. The molecule has 0 aliphatic rings.